The Morgan fingerprint density at radius 3 is 2.59 bits per heavy atom. The van der Waals surface area contributed by atoms with E-state index in [9.17, 15) is 18.5 Å². The quantitative estimate of drug-likeness (QED) is 0.675. The van der Waals surface area contributed by atoms with E-state index in [-0.39, 0.29) is 17.9 Å². The zero-order chi connectivity index (χ0) is 19.8. The van der Waals surface area contributed by atoms with E-state index in [0.29, 0.717) is 23.4 Å². The second kappa shape index (κ2) is 7.44. The lowest BCUT2D eigenvalue weighted by Gasteiger charge is -2.20. The molecule has 146 valence electrons. The molecule has 1 atom stereocenters. The molecule has 27 heavy (non-hydrogen) atoms. The molecule has 1 aliphatic carbocycles. The van der Waals surface area contributed by atoms with E-state index in [1.165, 1.54) is 10.6 Å². The Morgan fingerprint density at radius 1 is 1.30 bits per heavy atom. The molecule has 0 spiro atoms. The minimum atomic E-state index is -1.43. The van der Waals surface area contributed by atoms with Gasteiger partial charge >= 0.3 is 0 Å². The molecule has 1 saturated carbocycles. The lowest BCUT2D eigenvalue weighted by molar-refractivity contribution is 0.284. The van der Waals surface area contributed by atoms with Crippen molar-refractivity contribution in [3.8, 4) is 0 Å². The van der Waals surface area contributed by atoms with Crippen molar-refractivity contribution >= 4 is 28.0 Å². The molecule has 0 amide bonds. The molecule has 8 heteroatoms. The second-order valence-electron chi connectivity index (χ2n) is 7.09. The van der Waals surface area contributed by atoms with Crippen LogP contribution in [0.4, 0.5) is 21.5 Å². The van der Waals surface area contributed by atoms with E-state index in [0.717, 1.165) is 18.4 Å². The summed E-state index contributed by atoms with van der Waals surface area (Å²) in [6.45, 7) is 3.41. The molecule has 1 aromatic carbocycles. The van der Waals surface area contributed by atoms with Gasteiger partial charge in [0.05, 0.1) is 21.8 Å². The summed E-state index contributed by atoms with van der Waals surface area (Å²) in [5, 5.41) is 12.2. The van der Waals surface area contributed by atoms with Crippen molar-refractivity contribution in [1.82, 2.24) is 4.57 Å². The number of aryl methyl sites for hydroxylation is 2. The highest BCUT2D eigenvalue weighted by Gasteiger charge is 2.48. The topological polar surface area (TPSA) is 83.4 Å². The third kappa shape index (κ3) is 3.91. The van der Waals surface area contributed by atoms with Crippen molar-refractivity contribution in [1.29, 1.82) is 0 Å². The highest BCUT2D eigenvalue weighted by atomic mass is 32.2. The fourth-order valence-electron chi connectivity index (χ4n) is 3.06. The van der Waals surface area contributed by atoms with Crippen molar-refractivity contribution < 1.29 is 13.7 Å². The first-order chi connectivity index (χ1) is 12.8. The minimum absolute atomic E-state index is 0.0284. The number of aliphatic hydroxyl groups is 1. The summed E-state index contributed by atoms with van der Waals surface area (Å²) in [5.41, 5.74) is 2.05. The largest absolute Gasteiger partial charge is 0.396 e. The predicted molar refractivity (Wildman–Crippen MR) is 106 cm³/mol. The average Bonchev–Trinajstić information content (AvgIpc) is 3.39. The van der Waals surface area contributed by atoms with Crippen molar-refractivity contribution in [3.63, 3.8) is 0 Å². The number of aromatic nitrogens is 1. The van der Waals surface area contributed by atoms with E-state index in [1.807, 2.05) is 0 Å². The van der Waals surface area contributed by atoms with Crippen LogP contribution < -0.4 is 15.6 Å². The molecule has 1 fully saturated rings. The maximum atomic E-state index is 14.3. The van der Waals surface area contributed by atoms with E-state index < -0.39 is 21.5 Å². The second-order valence-corrected chi connectivity index (χ2v) is 8.70. The molecule has 0 bridgehead atoms. The van der Waals surface area contributed by atoms with Crippen LogP contribution in [0.25, 0.3) is 0 Å². The van der Waals surface area contributed by atoms with Gasteiger partial charge in [-0.15, -0.1) is 0 Å². The number of aliphatic hydroxyl groups excluding tert-OH is 1. The third-order valence-electron chi connectivity index (χ3n) is 4.96. The molecule has 1 heterocycles. The highest BCUT2D eigenvalue weighted by molar-refractivity contribution is 7.88. The molecule has 1 unspecified atom stereocenters. The Balaban J connectivity index is 1.98. The number of anilines is 3. The number of pyridine rings is 1. The average molecular weight is 393 g/mol. The summed E-state index contributed by atoms with van der Waals surface area (Å²) in [4.78, 5) is 12.4. The molecule has 3 rings (SSSR count). The van der Waals surface area contributed by atoms with Crippen molar-refractivity contribution in [2.45, 2.75) is 37.9 Å². The van der Waals surface area contributed by atoms with Gasteiger partial charge in [-0.2, -0.15) is 0 Å². The first-order valence-electron chi connectivity index (χ1n) is 8.80. The van der Waals surface area contributed by atoms with Gasteiger partial charge < -0.3 is 19.7 Å². The van der Waals surface area contributed by atoms with Gasteiger partial charge in [-0.1, -0.05) is 6.07 Å². The van der Waals surface area contributed by atoms with E-state index in [4.69, 9.17) is 0 Å². The van der Waals surface area contributed by atoms with E-state index >= 15 is 0 Å². The van der Waals surface area contributed by atoms with Crippen LogP contribution in [0.3, 0.4) is 0 Å². The van der Waals surface area contributed by atoms with Gasteiger partial charge in [-0.25, -0.2) is 8.60 Å². The monoisotopic (exact) mass is 393 g/mol. The van der Waals surface area contributed by atoms with Gasteiger partial charge in [0, 0.05) is 25.4 Å². The summed E-state index contributed by atoms with van der Waals surface area (Å²) in [6, 6.07) is 4.79. The van der Waals surface area contributed by atoms with Gasteiger partial charge in [0.25, 0.3) is 5.56 Å². The predicted octanol–water partition coefficient (Wildman–Crippen LogP) is 2.88. The Kier molecular flexibility index (Phi) is 5.39. The molecule has 3 N–H and O–H groups in total. The maximum Gasteiger partial charge on any atom is 0.255 e. The molecular weight excluding hydrogens is 369 g/mol. The fourth-order valence-corrected chi connectivity index (χ4v) is 4.38. The van der Waals surface area contributed by atoms with Gasteiger partial charge in [-0.05, 0) is 50.8 Å². The first-order valence-corrected chi connectivity index (χ1v) is 9.95. The number of hydrogen-bond donors (Lipinski definition) is 3. The summed E-state index contributed by atoms with van der Waals surface area (Å²) in [7, 11) is 0.182. The van der Waals surface area contributed by atoms with Gasteiger partial charge in [0.15, 0.2) is 0 Å². The first kappa shape index (κ1) is 19.6. The van der Waals surface area contributed by atoms with Gasteiger partial charge in [0.1, 0.15) is 16.8 Å². The molecule has 0 aliphatic heterocycles. The lowest BCUT2D eigenvalue weighted by Crippen LogP contribution is -2.27. The smallest absolute Gasteiger partial charge is 0.255 e. The number of nitrogens with zero attached hydrogens (tertiary/aromatic N) is 1. The summed E-state index contributed by atoms with van der Waals surface area (Å²) >= 11 is 0. The van der Waals surface area contributed by atoms with Crippen LogP contribution in [0.5, 0.6) is 0 Å². The third-order valence-corrected chi connectivity index (χ3v) is 6.77. The highest BCUT2D eigenvalue weighted by Crippen LogP contribution is 2.45. The standard InChI is InChI=1S/C19H24FN3O3S/c1-12-4-5-15(14(20)10-12)21-17-13(2)18(25)23(3)11-16(17)22-27(26)19(6-7-19)8-9-24/h4-5,10-11,21-22,24H,6-9H2,1-3H3. The van der Waals surface area contributed by atoms with Crippen LogP contribution >= 0.6 is 0 Å². The Hall–Kier alpha value is -2.19. The summed E-state index contributed by atoms with van der Waals surface area (Å²) in [5.74, 6) is -0.430. The van der Waals surface area contributed by atoms with Crippen LogP contribution in [-0.2, 0) is 18.0 Å². The molecule has 2 aromatic rings. The molecule has 6 nitrogen and oxygen atoms in total. The summed E-state index contributed by atoms with van der Waals surface area (Å²) < 4.78 is 31.0. The van der Waals surface area contributed by atoms with Crippen LogP contribution in [0.1, 0.15) is 30.4 Å². The Morgan fingerprint density at radius 2 is 2.00 bits per heavy atom. The molecule has 0 saturated heterocycles. The van der Waals surface area contributed by atoms with E-state index in [1.54, 1.807) is 39.2 Å². The van der Waals surface area contributed by atoms with Crippen molar-refractivity contribution in [3.05, 3.63) is 51.7 Å². The van der Waals surface area contributed by atoms with Crippen molar-refractivity contribution in [2.75, 3.05) is 16.6 Å². The number of hydrogen-bond acceptors (Lipinski definition) is 4. The van der Waals surface area contributed by atoms with E-state index in [2.05, 4.69) is 10.0 Å². The van der Waals surface area contributed by atoms with Crippen LogP contribution in [0.2, 0.25) is 0 Å². The molecule has 0 radical (unpaired) electrons. The Bertz CT molecular complexity index is 954. The zero-order valence-electron chi connectivity index (χ0n) is 15.6. The van der Waals surface area contributed by atoms with Crippen LogP contribution in [0.15, 0.2) is 29.2 Å². The summed E-state index contributed by atoms with van der Waals surface area (Å²) in [6.07, 6.45) is 3.55. The van der Waals surface area contributed by atoms with Crippen molar-refractivity contribution in [2.24, 2.45) is 7.05 Å². The van der Waals surface area contributed by atoms with Gasteiger partial charge in [-0.3, -0.25) is 4.79 Å². The van der Waals surface area contributed by atoms with Gasteiger partial charge in [0.2, 0.25) is 0 Å². The molecule has 1 aliphatic rings. The fraction of sp³-hybridized carbons (Fsp3) is 0.421. The number of rotatable bonds is 7. The molecular formula is C19H24FN3O3S. The number of nitrogens with one attached hydrogen (secondary N) is 2. The van der Waals surface area contributed by atoms with Crippen LogP contribution in [-0.4, -0.2) is 25.2 Å². The zero-order valence-corrected chi connectivity index (χ0v) is 16.5. The Labute approximate surface area is 160 Å². The lowest BCUT2D eigenvalue weighted by atomic mass is 10.2. The number of halogens is 1. The SMILES string of the molecule is Cc1ccc(Nc2c(NS(=O)C3(CCO)CC3)cn(C)c(=O)c2C)c(F)c1. The molecule has 1 aromatic heterocycles. The normalized spacial score (nSPS) is 16.0. The number of benzene rings is 1. The minimum Gasteiger partial charge on any atom is -0.396 e. The van der Waals surface area contributed by atoms with Crippen LogP contribution in [0, 0.1) is 19.7 Å². The maximum absolute atomic E-state index is 14.3.